The van der Waals surface area contributed by atoms with Crippen LogP contribution in [0, 0.1) is 6.92 Å². The number of hydrogen-bond donors (Lipinski definition) is 1. The average Bonchev–Trinajstić information content (AvgIpc) is 3.35. The summed E-state index contributed by atoms with van der Waals surface area (Å²) in [5, 5.41) is 3.52. The molecule has 1 aliphatic rings. The molecule has 29 heavy (non-hydrogen) atoms. The number of amides is 1. The second-order valence-corrected chi connectivity index (χ2v) is 8.94. The van der Waals surface area contributed by atoms with Gasteiger partial charge in [-0.05, 0) is 53.4 Å². The Balaban J connectivity index is 1.71. The molecule has 0 atom stereocenters. The molecular weight excluding hydrogens is 458 g/mol. The predicted octanol–water partition coefficient (Wildman–Crippen LogP) is 2.47. The highest BCUT2D eigenvalue weighted by Gasteiger charge is 2.22. The summed E-state index contributed by atoms with van der Waals surface area (Å²) < 4.78 is 3.44. The number of nitrogens with zero attached hydrogens (tertiary/aromatic N) is 4. The van der Waals surface area contributed by atoms with Gasteiger partial charge in [0.05, 0.1) is 5.69 Å². The van der Waals surface area contributed by atoms with Gasteiger partial charge in [-0.15, -0.1) is 0 Å². The van der Waals surface area contributed by atoms with Gasteiger partial charge < -0.3 is 10.2 Å². The molecule has 0 unspecified atom stereocenters. The number of aromatic nitrogens is 3. The first-order valence-corrected chi connectivity index (χ1v) is 10.9. The van der Waals surface area contributed by atoms with Crippen molar-refractivity contribution in [2.24, 2.45) is 7.05 Å². The van der Waals surface area contributed by atoms with Gasteiger partial charge >= 0.3 is 5.69 Å². The van der Waals surface area contributed by atoms with Crippen LogP contribution >= 0.6 is 27.3 Å². The minimum absolute atomic E-state index is 0.229. The van der Waals surface area contributed by atoms with Crippen LogP contribution in [0.4, 0.5) is 10.8 Å². The minimum Gasteiger partial charge on any atom is -0.348 e. The monoisotopic (exact) mass is 477 g/mol. The first kappa shape index (κ1) is 19.8. The summed E-state index contributed by atoms with van der Waals surface area (Å²) in [6.07, 6.45) is 2.16. The van der Waals surface area contributed by atoms with E-state index < -0.39 is 5.69 Å². The number of carbonyl (C=O) groups excluding carboxylic acids is 1. The molecule has 3 aromatic rings. The van der Waals surface area contributed by atoms with Gasteiger partial charge in [0.25, 0.3) is 5.56 Å². The summed E-state index contributed by atoms with van der Waals surface area (Å²) in [6.45, 7) is 3.49. The second kappa shape index (κ2) is 7.75. The van der Waals surface area contributed by atoms with Crippen LogP contribution in [0.15, 0.2) is 32.3 Å². The van der Waals surface area contributed by atoms with Crippen molar-refractivity contribution in [1.82, 2.24) is 14.1 Å². The summed E-state index contributed by atoms with van der Waals surface area (Å²) in [4.78, 5) is 44.6. The lowest BCUT2D eigenvalue weighted by atomic mass is 10.2. The first-order chi connectivity index (χ1) is 13.8. The fourth-order valence-corrected chi connectivity index (χ4v) is 5.07. The zero-order valence-corrected chi connectivity index (χ0v) is 18.5. The topological polar surface area (TPSA) is 89.2 Å². The molecular formula is C19H20BrN5O3S. The lowest BCUT2D eigenvalue weighted by Gasteiger charge is -2.12. The van der Waals surface area contributed by atoms with Crippen molar-refractivity contribution in [3.63, 3.8) is 0 Å². The highest BCUT2D eigenvalue weighted by atomic mass is 79.9. The Morgan fingerprint density at radius 2 is 2.00 bits per heavy atom. The number of hydrogen-bond acceptors (Lipinski definition) is 6. The Hall–Kier alpha value is -2.46. The molecule has 0 radical (unpaired) electrons. The molecule has 1 aromatic carbocycles. The number of halogens is 1. The molecule has 0 saturated carbocycles. The van der Waals surface area contributed by atoms with Gasteiger partial charge in [-0.2, -0.15) is 0 Å². The maximum absolute atomic E-state index is 12.7. The lowest BCUT2D eigenvalue weighted by molar-refractivity contribution is -0.116. The smallest absolute Gasteiger partial charge is 0.332 e. The number of fused-ring (bicyclic) bond motifs is 1. The van der Waals surface area contributed by atoms with Crippen molar-refractivity contribution in [1.29, 1.82) is 0 Å². The predicted molar refractivity (Wildman–Crippen MR) is 118 cm³/mol. The Kier molecular flexibility index (Phi) is 5.30. The summed E-state index contributed by atoms with van der Waals surface area (Å²) in [5.74, 6) is -0.368. The van der Waals surface area contributed by atoms with Crippen molar-refractivity contribution in [3.05, 3.63) is 49.1 Å². The van der Waals surface area contributed by atoms with Crippen LogP contribution in [0.3, 0.4) is 0 Å². The number of carbonyl (C=O) groups is 1. The molecule has 0 spiro atoms. The highest BCUT2D eigenvalue weighted by molar-refractivity contribution is 9.10. The van der Waals surface area contributed by atoms with E-state index in [2.05, 4.69) is 31.1 Å². The van der Waals surface area contributed by atoms with E-state index in [9.17, 15) is 14.4 Å². The second-order valence-electron chi connectivity index (χ2n) is 7.11. The third kappa shape index (κ3) is 3.74. The molecule has 0 aliphatic carbocycles. The first-order valence-electron chi connectivity index (χ1n) is 9.26. The zero-order valence-electron chi connectivity index (χ0n) is 16.1. The van der Waals surface area contributed by atoms with E-state index in [1.54, 1.807) is 6.07 Å². The van der Waals surface area contributed by atoms with Crippen LogP contribution in [0.2, 0.25) is 0 Å². The van der Waals surface area contributed by atoms with Gasteiger partial charge in [0.15, 0.2) is 10.8 Å². The molecule has 1 saturated heterocycles. The molecule has 1 amide bonds. The van der Waals surface area contributed by atoms with Crippen molar-refractivity contribution in [3.8, 4) is 0 Å². The average molecular weight is 478 g/mol. The van der Waals surface area contributed by atoms with E-state index in [0.29, 0.717) is 10.4 Å². The number of thiazole rings is 1. The van der Waals surface area contributed by atoms with E-state index in [1.165, 1.54) is 23.0 Å². The van der Waals surface area contributed by atoms with Gasteiger partial charge in [-0.25, -0.2) is 9.78 Å². The van der Waals surface area contributed by atoms with E-state index in [4.69, 9.17) is 0 Å². The molecule has 152 valence electrons. The van der Waals surface area contributed by atoms with E-state index in [0.717, 1.165) is 45.7 Å². The SMILES string of the molecule is Cc1ccc(NC(=O)Cn2c(=O)n(C)c(=O)c3sc(N4CCCC4)nc32)c(Br)c1. The molecule has 1 N–H and O–H groups in total. The Labute approximate surface area is 178 Å². The van der Waals surface area contributed by atoms with E-state index >= 15 is 0 Å². The van der Waals surface area contributed by atoms with Crippen molar-refractivity contribution in [2.75, 3.05) is 23.3 Å². The van der Waals surface area contributed by atoms with Crippen LogP contribution < -0.4 is 21.5 Å². The van der Waals surface area contributed by atoms with Crippen LogP contribution in [0.5, 0.6) is 0 Å². The molecule has 4 rings (SSSR count). The zero-order chi connectivity index (χ0) is 20.7. The van der Waals surface area contributed by atoms with E-state index in [1.807, 2.05) is 19.1 Å². The number of benzene rings is 1. The number of aryl methyl sites for hydroxylation is 1. The Morgan fingerprint density at radius 3 is 2.69 bits per heavy atom. The highest BCUT2D eigenvalue weighted by Crippen LogP contribution is 2.28. The largest absolute Gasteiger partial charge is 0.348 e. The Morgan fingerprint density at radius 1 is 1.28 bits per heavy atom. The van der Waals surface area contributed by atoms with Gasteiger partial charge in [-0.3, -0.25) is 18.7 Å². The molecule has 3 heterocycles. The summed E-state index contributed by atoms with van der Waals surface area (Å²) in [7, 11) is 1.42. The molecule has 0 bridgehead atoms. The molecule has 10 heteroatoms. The van der Waals surface area contributed by atoms with Crippen LogP contribution in [0.1, 0.15) is 18.4 Å². The van der Waals surface area contributed by atoms with Crippen molar-refractivity contribution >= 4 is 54.3 Å². The third-order valence-electron chi connectivity index (χ3n) is 4.95. The van der Waals surface area contributed by atoms with Gasteiger partial charge in [0, 0.05) is 24.6 Å². The maximum atomic E-state index is 12.7. The molecule has 8 nitrogen and oxygen atoms in total. The quantitative estimate of drug-likeness (QED) is 0.623. The number of nitrogens with one attached hydrogen (secondary N) is 1. The number of anilines is 2. The van der Waals surface area contributed by atoms with E-state index in [-0.39, 0.29) is 23.7 Å². The molecule has 1 fully saturated rings. The standard InChI is InChI=1S/C19H20BrN5O3S/c1-11-5-6-13(12(20)9-11)21-14(26)10-25-16-15(17(27)23(2)19(25)28)29-18(22-16)24-7-3-4-8-24/h5-6,9H,3-4,7-8,10H2,1-2H3,(H,21,26). The molecule has 2 aromatic heterocycles. The number of rotatable bonds is 4. The van der Waals surface area contributed by atoms with Crippen molar-refractivity contribution in [2.45, 2.75) is 26.3 Å². The maximum Gasteiger partial charge on any atom is 0.332 e. The Bertz CT molecular complexity index is 1220. The fourth-order valence-electron chi connectivity index (χ4n) is 3.38. The van der Waals surface area contributed by atoms with Crippen molar-refractivity contribution < 1.29 is 4.79 Å². The lowest BCUT2D eigenvalue weighted by Crippen LogP contribution is -2.39. The van der Waals surface area contributed by atoms with Gasteiger partial charge in [0.1, 0.15) is 11.2 Å². The summed E-state index contributed by atoms with van der Waals surface area (Å²) >= 11 is 4.71. The molecule has 1 aliphatic heterocycles. The van der Waals surface area contributed by atoms with Crippen LogP contribution in [-0.2, 0) is 18.4 Å². The van der Waals surface area contributed by atoms with Gasteiger partial charge in [-0.1, -0.05) is 17.4 Å². The summed E-state index contributed by atoms with van der Waals surface area (Å²) in [5.41, 5.74) is 1.00. The van der Waals surface area contributed by atoms with Crippen LogP contribution in [-0.4, -0.2) is 33.1 Å². The fraction of sp³-hybridized carbons (Fsp3) is 0.368. The summed E-state index contributed by atoms with van der Waals surface area (Å²) in [6, 6.07) is 5.58. The normalized spacial score (nSPS) is 14.0. The van der Waals surface area contributed by atoms with Gasteiger partial charge in [0.2, 0.25) is 5.91 Å². The minimum atomic E-state index is -0.557. The van der Waals surface area contributed by atoms with Crippen LogP contribution in [0.25, 0.3) is 10.3 Å². The third-order valence-corrected chi connectivity index (χ3v) is 6.70.